The normalized spacial score (nSPS) is 12.2. The standard InChI is InChI=1S/C44H43N3O/c1-27-14-13-15-28(2)42(27)29-22-37(36-17-11-12-21-45-36)46-41(23-29)47-38-20-19-30(43(3,4)5)24-33(38)34-25-35(44(6,7)8)32(26-39(34)47)31-16-9-10-18-40(31)48/h9-26,48H,1-8H3. The van der Waals surface area contributed by atoms with Gasteiger partial charge in [0, 0.05) is 22.5 Å². The predicted octanol–water partition coefficient (Wildman–Crippen LogP) is 11.5. The van der Waals surface area contributed by atoms with Gasteiger partial charge in [-0.05, 0) is 118 Å². The van der Waals surface area contributed by atoms with Crippen molar-refractivity contribution < 1.29 is 5.11 Å². The molecule has 3 heterocycles. The van der Waals surface area contributed by atoms with Gasteiger partial charge in [0.1, 0.15) is 11.6 Å². The molecule has 4 aromatic carbocycles. The maximum Gasteiger partial charge on any atom is 0.138 e. The van der Waals surface area contributed by atoms with Gasteiger partial charge in [0.05, 0.1) is 22.4 Å². The predicted molar refractivity (Wildman–Crippen MR) is 201 cm³/mol. The number of pyridine rings is 2. The highest BCUT2D eigenvalue weighted by molar-refractivity contribution is 6.11. The molecule has 48 heavy (non-hydrogen) atoms. The van der Waals surface area contributed by atoms with Crippen LogP contribution in [0.2, 0.25) is 0 Å². The highest BCUT2D eigenvalue weighted by Crippen LogP contribution is 2.44. The lowest BCUT2D eigenvalue weighted by molar-refractivity contribution is 0.477. The summed E-state index contributed by atoms with van der Waals surface area (Å²) in [7, 11) is 0. The van der Waals surface area contributed by atoms with Crippen LogP contribution in [0.25, 0.3) is 61.3 Å². The molecule has 0 unspecified atom stereocenters. The van der Waals surface area contributed by atoms with Crippen molar-refractivity contribution in [2.24, 2.45) is 0 Å². The number of phenols is 1. The SMILES string of the molecule is Cc1cccc(C)c1-c1cc(-c2ccccn2)nc(-n2c3ccc(C(C)(C)C)cc3c3cc(C(C)(C)C)c(-c4ccccc4O)cc32)c1. The maximum atomic E-state index is 11.1. The van der Waals surface area contributed by atoms with E-state index in [1.165, 1.54) is 38.6 Å². The Morgan fingerprint density at radius 1 is 0.604 bits per heavy atom. The van der Waals surface area contributed by atoms with Crippen LogP contribution in [0.3, 0.4) is 0 Å². The number of para-hydroxylation sites is 1. The Kier molecular flexibility index (Phi) is 7.51. The van der Waals surface area contributed by atoms with Gasteiger partial charge in [0.25, 0.3) is 0 Å². The third kappa shape index (κ3) is 5.45. The highest BCUT2D eigenvalue weighted by Gasteiger charge is 2.26. The fourth-order valence-electron chi connectivity index (χ4n) is 7.01. The number of rotatable bonds is 4. The van der Waals surface area contributed by atoms with E-state index >= 15 is 0 Å². The number of hydrogen-bond acceptors (Lipinski definition) is 3. The van der Waals surface area contributed by atoms with Gasteiger partial charge in [-0.2, -0.15) is 0 Å². The van der Waals surface area contributed by atoms with E-state index in [0.29, 0.717) is 0 Å². The van der Waals surface area contributed by atoms with Crippen LogP contribution in [-0.4, -0.2) is 19.6 Å². The number of aryl methyl sites for hydroxylation is 2. The average molecular weight is 630 g/mol. The molecule has 0 saturated heterocycles. The van der Waals surface area contributed by atoms with E-state index in [1.54, 1.807) is 6.07 Å². The van der Waals surface area contributed by atoms with Crippen molar-refractivity contribution in [3.63, 3.8) is 0 Å². The van der Waals surface area contributed by atoms with Crippen LogP contribution in [0.5, 0.6) is 5.75 Å². The summed E-state index contributed by atoms with van der Waals surface area (Å²) in [5.41, 5.74) is 12.6. The van der Waals surface area contributed by atoms with Crippen LogP contribution in [0.15, 0.2) is 109 Å². The van der Waals surface area contributed by atoms with Crippen LogP contribution in [-0.2, 0) is 10.8 Å². The Morgan fingerprint density at radius 3 is 1.98 bits per heavy atom. The third-order valence-electron chi connectivity index (χ3n) is 9.51. The van der Waals surface area contributed by atoms with Crippen LogP contribution in [0.1, 0.15) is 63.8 Å². The zero-order valence-corrected chi connectivity index (χ0v) is 29.2. The molecule has 7 aromatic rings. The van der Waals surface area contributed by atoms with Gasteiger partial charge in [0.15, 0.2) is 0 Å². The minimum Gasteiger partial charge on any atom is -0.507 e. The summed E-state index contributed by atoms with van der Waals surface area (Å²) >= 11 is 0. The number of fused-ring (bicyclic) bond motifs is 3. The smallest absolute Gasteiger partial charge is 0.138 e. The Labute approximate surface area is 283 Å². The van der Waals surface area contributed by atoms with Crippen molar-refractivity contribution in [2.45, 2.75) is 66.2 Å². The minimum absolute atomic E-state index is 0.0160. The van der Waals surface area contributed by atoms with Gasteiger partial charge in [-0.15, -0.1) is 0 Å². The summed E-state index contributed by atoms with van der Waals surface area (Å²) in [5, 5.41) is 13.5. The van der Waals surface area contributed by atoms with Crippen LogP contribution < -0.4 is 0 Å². The van der Waals surface area contributed by atoms with Crippen LogP contribution >= 0.6 is 0 Å². The Morgan fingerprint density at radius 2 is 1.31 bits per heavy atom. The van der Waals surface area contributed by atoms with E-state index in [9.17, 15) is 5.11 Å². The van der Waals surface area contributed by atoms with E-state index in [-0.39, 0.29) is 16.6 Å². The summed E-state index contributed by atoms with van der Waals surface area (Å²) in [5.74, 6) is 1.10. The second-order valence-electron chi connectivity index (χ2n) is 15.1. The number of aromatic hydroxyl groups is 1. The van der Waals surface area contributed by atoms with Crippen molar-refractivity contribution in [1.29, 1.82) is 0 Å². The lowest BCUT2D eigenvalue weighted by atomic mass is 9.80. The van der Waals surface area contributed by atoms with Gasteiger partial charge >= 0.3 is 0 Å². The molecule has 0 bridgehead atoms. The molecule has 0 aliphatic carbocycles. The Balaban J connectivity index is 1.64. The number of phenolic OH excluding ortho intramolecular Hbond substituents is 1. The Hall–Kier alpha value is -5.22. The van der Waals surface area contributed by atoms with E-state index in [0.717, 1.165) is 44.9 Å². The van der Waals surface area contributed by atoms with Crippen molar-refractivity contribution in [3.8, 4) is 45.2 Å². The molecule has 0 saturated carbocycles. The van der Waals surface area contributed by atoms with Gasteiger partial charge in [0.2, 0.25) is 0 Å². The van der Waals surface area contributed by atoms with Gasteiger partial charge in [-0.1, -0.05) is 90.1 Å². The molecule has 3 aromatic heterocycles. The largest absolute Gasteiger partial charge is 0.507 e. The molecule has 0 radical (unpaired) electrons. The van der Waals surface area contributed by atoms with E-state index in [1.807, 2.05) is 42.6 Å². The molecule has 7 rings (SSSR count). The van der Waals surface area contributed by atoms with E-state index in [2.05, 4.69) is 121 Å². The maximum absolute atomic E-state index is 11.1. The zero-order valence-electron chi connectivity index (χ0n) is 29.2. The Bertz CT molecular complexity index is 2310. The van der Waals surface area contributed by atoms with Crippen molar-refractivity contribution in [2.75, 3.05) is 0 Å². The molecule has 0 aliphatic rings. The van der Waals surface area contributed by atoms with Crippen LogP contribution in [0.4, 0.5) is 0 Å². The van der Waals surface area contributed by atoms with Gasteiger partial charge < -0.3 is 5.11 Å². The summed E-state index contributed by atoms with van der Waals surface area (Å²) in [4.78, 5) is 10.1. The molecule has 0 aliphatic heterocycles. The van der Waals surface area contributed by atoms with Crippen molar-refractivity contribution >= 4 is 21.8 Å². The van der Waals surface area contributed by atoms with Crippen molar-refractivity contribution in [1.82, 2.24) is 14.5 Å². The summed E-state index contributed by atoms with van der Waals surface area (Å²) in [6.45, 7) is 17.9. The molecule has 4 heteroatoms. The summed E-state index contributed by atoms with van der Waals surface area (Å²) in [6.07, 6.45) is 1.82. The average Bonchev–Trinajstić information content (AvgIpc) is 3.37. The van der Waals surface area contributed by atoms with Gasteiger partial charge in [-0.25, -0.2) is 4.98 Å². The minimum atomic E-state index is -0.172. The summed E-state index contributed by atoms with van der Waals surface area (Å²) in [6, 6.07) is 35.9. The van der Waals surface area contributed by atoms with E-state index < -0.39 is 0 Å². The first kappa shape index (κ1) is 31.4. The second-order valence-corrected chi connectivity index (χ2v) is 15.1. The topological polar surface area (TPSA) is 50.9 Å². The lowest BCUT2D eigenvalue weighted by Gasteiger charge is -2.24. The molecular formula is C44H43N3O. The second kappa shape index (κ2) is 11.5. The van der Waals surface area contributed by atoms with Crippen LogP contribution in [0, 0.1) is 13.8 Å². The monoisotopic (exact) mass is 629 g/mol. The van der Waals surface area contributed by atoms with E-state index in [4.69, 9.17) is 9.97 Å². The first-order valence-corrected chi connectivity index (χ1v) is 16.7. The molecule has 240 valence electrons. The lowest BCUT2D eigenvalue weighted by Crippen LogP contribution is -2.13. The quantitative estimate of drug-likeness (QED) is 0.211. The first-order valence-electron chi connectivity index (χ1n) is 16.7. The number of hydrogen-bond donors (Lipinski definition) is 1. The third-order valence-corrected chi connectivity index (χ3v) is 9.51. The molecular weight excluding hydrogens is 587 g/mol. The fourth-order valence-corrected chi connectivity index (χ4v) is 7.01. The molecule has 0 amide bonds. The number of benzene rings is 4. The highest BCUT2D eigenvalue weighted by atomic mass is 16.3. The molecule has 4 nitrogen and oxygen atoms in total. The van der Waals surface area contributed by atoms with Gasteiger partial charge in [-0.3, -0.25) is 9.55 Å². The molecule has 0 fully saturated rings. The fraction of sp³-hybridized carbons (Fsp3) is 0.227. The summed E-state index contributed by atoms with van der Waals surface area (Å²) < 4.78 is 2.30. The molecule has 0 atom stereocenters. The number of nitrogens with zero attached hydrogens (tertiary/aromatic N) is 3. The number of aromatic nitrogens is 3. The molecule has 1 N–H and O–H groups in total. The molecule has 0 spiro atoms. The van der Waals surface area contributed by atoms with Crippen molar-refractivity contribution in [3.05, 3.63) is 132 Å². The first-order chi connectivity index (χ1) is 22.8. The zero-order chi connectivity index (χ0) is 34.0.